The van der Waals surface area contributed by atoms with Gasteiger partial charge in [0.1, 0.15) is 0 Å². The van der Waals surface area contributed by atoms with Crippen LogP contribution in [-0.4, -0.2) is 45.8 Å². The minimum absolute atomic E-state index is 0.107. The fourth-order valence-corrected chi connectivity index (χ4v) is 3.14. The van der Waals surface area contributed by atoms with E-state index in [1.807, 2.05) is 0 Å². The van der Waals surface area contributed by atoms with E-state index in [4.69, 9.17) is 9.84 Å². The van der Waals surface area contributed by atoms with Crippen LogP contribution in [0.25, 0.3) is 0 Å². The van der Waals surface area contributed by atoms with Gasteiger partial charge in [0.05, 0.1) is 11.9 Å². The zero-order valence-electron chi connectivity index (χ0n) is 8.22. The van der Waals surface area contributed by atoms with Gasteiger partial charge in [-0.3, -0.25) is 4.90 Å². The lowest BCUT2D eigenvalue weighted by molar-refractivity contribution is -0.144. The van der Waals surface area contributed by atoms with Gasteiger partial charge in [-0.15, -0.1) is 11.8 Å². The van der Waals surface area contributed by atoms with E-state index in [0.717, 1.165) is 18.6 Å². The molecule has 0 spiro atoms. The molecule has 2 fully saturated rings. The predicted molar refractivity (Wildman–Crippen MR) is 54.7 cm³/mol. The highest BCUT2D eigenvalue weighted by molar-refractivity contribution is 7.99. The Morgan fingerprint density at radius 2 is 2.33 bits per heavy atom. The molecule has 0 radical (unpaired) electrons. The van der Waals surface area contributed by atoms with E-state index in [1.54, 1.807) is 16.7 Å². The zero-order valence-corrected chi connectivity index (χ0v) is 9.03. The highest BCUT2D eigenvalue weighted by atomic mass is 32.2. The van der Waals surface area contributed by atoms with Crippen molar-refractivity contribution in [1.82, 2.24) is 4.90 Å². The number of carbonyl (C=O) groups is 2. The third kappa shape index (κ3) is 2.19. The molecule has 15 heavy (non-hydrogen) atoms. The molecule has 1 amide bonds. The van der Waals surface area contributed by atoms with Gasteiger partial charge in [-0.2, -0.15) is 0 Å². The first-order valence-electron chi connectivity index (χ1n) is 5.00. The molecule has 2 aliphatic rings. The molecule has 0 aromatic heterocycles. The molecule has 84 valence electrons. The van der Waals surface area contributed by atoms with E-state index in [2.05, 4.69) is 0 Å². The molecule has 0 bridgehead atoms. The summed E-state index contributed by atoms with van der Waals surface area (Å²) in [5, 5.41) is 8.84. The Hall–Kier alpha value is -0.910. The van der Waals surface area contributed by atoms with Crippen molar-refractivity contribution >= 4 is 23.8 Å². The number of carboxylic acid groups (broad SMARTS) is 1. The third-order valence-electron chi connectivity index (χ3n) is 2.62. The Labute approximate surface area is 91.8 Å². The maximum Gasteiger partial charge on any atom is 0.411 e. The van der Waals surface area contributed by atoms with Gasteiger partial charge >= 0.3 is 12.1 Å². The Bertz CT molecular complexity index is 277. The van der Waals surface area contributed by atoms with Crippen LogP contribution in [0, 0.1) is 0 Å². The van der Waals surface area contributed by atoms with E-state index >= 15 is 0 Å². The van der Waals surface area contributed by atoms with E-state index in [-0.39, 0.29) is 11.9 Å². The molecule has 2 rings (SSSR count). The number of aliphatic carboxylic acids is 1. The van der Waals surface area contributed by atoms with Crippen LogP contribution in [0.15, 0.2) is 0 Å². The molecule has 0 aliphatic carbocycles. The van der Waals surface area contributed by atoms with Gasteiger partial charge in [-0.25, -0.2) is 9.59 Å². The second-order valence-electron chi connectivity index (χ2n) is 3.68. The van der Waals surface area contributed by atoms with Crippen molar-refractivity contribution in [3.8, 4) is 0 Å². The molecule has 2 atom stereocenters. The summed E-state index contributed by atoms with van der Waals surface area (Å²) < 4.78 is 4.76. The van der Waals surface area contributed by atoms with Crippen LogP contribution in [0.1, 0.15) is 19.3 Å². The Kier molecular flexibility index (Phi) is 3.04. The first-order chi connectivity index (χ1) is 7.18. The second kappa shape index (κ2) is 4.30. The van der Waals surface area contributed by atoms with E-state index < -0.39 is 18.2 Å². The van der Waals surface area contributed by atoms with Crippen LogP contribution in [0.4, 0.5) is 4.79 Å². The van der Waals surface area contributed by atoms with Gasteiger partial charge in [0.25, 0.3) is 0 Å². The van der Waals surface area contributed by atoms with Crippen LogP contribution < -0.4 is 0 Å². The average Bonchev–Trinajstić information content (AvgIpc) is 2.62. The summed E-state index contributed by atoms with van der Waals surface area (Å²) in [5.74, 6) is -0.0294. The van der Waals surface area contributed by atoms with Crippen LogP contribution in [-0.2, 0) is 9.53 Å². The summed E-state index contributed by atoms with van der Waals surface area (Å²) in [6, 6.07) is 0. The summed E-state index contributed by atoms with van der Waals surface area (Å²) in [7, 11) is 0. The van der Waals surface area contributed by atoms with Crippen molar-refractivity contribution in [3.63, 3.8) is 0 Å². The van der Waals surface area contributed by atoms with Crippen molar-refractivity contribution in [2.45, 2.75) is 30.7 Å². The maximum absolute atomic E-state index is 11.4. The topological polar surface area (TPSA) is 66.8 Å². The number of hydrogen-bond acceptors (Lipinski definition) is 4. The fraction of sp³-hybridized carbons (Fsp3) is 0.778. The molecule has 1 N–H and O–H groups in total. The normalized spacial score (nSPS) is 31.5. The number of amides is 1. The number of carboxylic acids is 1. The van der Waals surface area contributed by atoms with Crippen molar-refractivity contribution in [2.75, 3.05) is 12.3 Å². The molecule has 5 nitrogen and oxygen atoms in total. The number of ether oxygens (including phenoxy) is 1. The fourth-order valence-electron chi connectivity index (χ4n) is 1.81. The summed E-state index contributed by atoms with van der Waals surface area (Å²) in [6.45, 7) is 0.186. The highest BCUT2D eigenvalue weighted by Gasteiger charge is 2.40. The van der Waals surface area contributed by atoms with Gasteiger partial charge < -0.3 is 9.84 Å². The molecule has 0 aromatic rings. The van der Waals surface area contributed by atoms with Crippen molar-refractivity contribution in [3.05, 3.63) is 0 Å². The molecule has 1 unspecified atom stereocenters. The SMILES string of the molecule is O=C(O)[C@H]1CN(C2CCCCS2)C(=O)O1. The molecular formula is C9H13NO4S. The van der Waals surface area contributed by atoms with Gasteiger partial charge in [0, 0.05) is 0 Å². The number of nitrogens with zero attached hydrogens (tertiary/aromatic N) is 1. The molecule has 6 heteroatoms. The van der Waals surface area contributed by atoms with Gasteiger partial charge in [0.15, 0.2) is 0 Å². The third-order valence-corrected chi connectivity index (χ3v) is 4.02. The van der Waals surface area contributed by atoms with Crippen molar-refractivity contribution < 1.29 is 19.4 Å². The Morgan fingerprint density at radius 3 is 2.87 bits per heavy atom. The maximum atomic E-state index is 11.4. The minimum Gasteiger partial charge on any atom is -0.478 e. The average molecular weight is 231 g/mol. The molecule has 2 aliphatic heterocycles. The largest absolute Gasteiger partial charge is 0.478 e. The van der Waals surface area contributed by atoms with Gasteiger partial charge in [0.2, 0.25) is 6.10 Å². The summed E-state index contributed by atoms with van der Waals surface area (Å²) in [5.41, 5.74) is 0. The lowest BCUT2D eigenvalue weighted by atomic mass is 10.2. The molecule has 2 heterocycles. The smallest absolute Gasteiger partial charge is 0.411 e. The van der Waals surface area contributed by atoms with Gasteiger partial charge in [-0.1, -0.05) is 0 Å². The van der Waals surface area contributed by atoms with E-state index in [0.29, 0.717) is 0 Å². The first-order valence-corrected chi connectivity index (χ1v) is 6.05. The van der Waals surface area contributed by atoms with Crippen LogP contribution in [0.5, 0.6) is 0 Å². The quantitative estimate of drug-likeness (QED) is 0.771. The van der Waals surface area contributed by atoms with Crippen LogP contribution in [0.2, 0.25) is 0 Å². The van der Waals surface area contributed by atoms with Crippen molar-refractivity contribution in [1.29, 1.82) is 0 Å². The molecular weight excluding hydrogens is 218 g/mol. The number of carbonyl (C=O) groups excluding carboxylic acids is 1. The van der Waals surface area contributed by atoms with Crippen LogP contribution in [0.3, 0.4) is 0 Å². The predicted octanol–water partition coefficient (Wildman–Crippen LogP) is 1.13. The lowest BCUT2D eigenvalue weighted by Gasteiger charge is -2.28. The Balaban J connectivity index is 1.97. The highest BCUT2D eigenvalue weighted by Crippen LogP contribution is 2.30. The van der Waals surface area contributed by atoms with E-state index in [9.17, 15) is 9.59 Å². The summed E-state index contributed by atoms with van der Waals surface area (Å²) in [6.07, 6.45) is 1.74. The molecule has 0 aromatic carbocycles. The first kappa shape index (κ1) is 10.6. The number of hydrogen-bond donors (Lipinski definition) is 1. The van der Waals surface area contributed by atoms with Crippen molar-refractivity contribution in [2.24, 2.45) is 0 Å². The van der Waals surface area contributed by atoms with E-state index in [1.165, 1.54) is 6.42 Å². The number of thioether (sulfide) groups is 1. The minimum atomic E-state index is -1.06. The second-order valence-corrected chi connectivity index (χ2v) is 4.97. The van der Waals surface area contributed by atoms with Gasteiger partial charge in [-0.05, 0) is 25.0 Å². The summed E-state index contributed by atoms with van der Waals surface area (Å²) >= 11 is 1.71. The number of cyclic esters (lactones) is 1. The lowest BCUT2D eigenvalue weighted by Crippen LogP contribution is -2.36. The Morgan fingerprint density at radius 1 is 1.53 bits per heavy atom. The standard InChI is InChI=1S/C9H13NO4S/c11-8(12)6-5-10(9(13)14-6)7-3-1-2-4-15-7/h6-7H,1-5H2,(H,11,12)/t6-,7?/m1/s1. The summed E-state index contributed by atoms with van der Waals surface area (Å²) in [4.78, 5) is 23.6. The van der Waals surface area contributed by atoms with Crippen LogP contribution >= 0.6 is 11.8 Å². The molecule has 2 saturated heterocycles. The zero-order chi connectivity index (χ0) is 10.8. The molecule has 0 saturated carbocycles. The number of rotatable bonds is 2. The monoisotopic (exact) mass is 231 g/mol.